The molecule has 0 bridgehead atoms. The van der Waals surface area contributed by atoms with Crippen molar-refractivity contribution < 1.29 is 0 Å². The highest BCUT2D eigenvalue weighted by atomic mass is 15.2. The van der Waals surface area contributed by atoms with Crippen molar-refractivity contribution >= 4 is 86.6 Å². The molecular weight excluding hydrogens is 667 g/mol. The van der Waals surface area contributed by atoms with Crippen LogP contribution in [0.25, 0.3) is 115 Å². The average molecular weight is 698 g/mol. The average Bonchev–Trinajstić information content (AvgIpc) is 3.58. The fraction of sp³-hybridized carbons (Fsp3) is 0. The van der Waals surface area contributed by atoms with E-state index in [9.17, 15) is 0 Å². The van der Waals surface area contributed by atoms with Crippen molar-refractivity contribution in [1.29, 1.82) is 0 Å². The van der Waals surface area contributed by atoms with E-state index < -0.39 is 0 Å². The predicted octanol–water partition coefficient (Wildman–Crippen LogP) is 13.8. The molecule has 0 amide bonds. The van der Waals surface area contributed by atoms with Crippen LogP contribution in [0.4, 0.5) is 0 Å². The minimum atomic E-state index is 0.657. The topological polar surface area (TPSA) is 30.7 Å². The first-order valence-corrected chi connectivity index (χ1v) is 18.8. The number of hydrogen-bond acceptors (Lipinski definition) is 2. The van der Waals surface area contributed by atoms with Gasteiger partial charge in [-0.15, -0.1) is 0 Å². The molecule has 3 heteroatoms. The van der Waals surface area contributed by atoms with Crippen molar-refractivity contribution in [3.8, 4) is 28.3 Å². The fourth-order valence-electron chi connectivity index (χ4n) is 9.05. The van der Waals surface area contributed by atoms with E-state index in [1.165, 1.54) is 70.4 Å². The maximum absolute atomic E-state index is 5.59. The molecule has 12 rings (SSSR count). The molecule has 0 unspecified atom stereocenters. The van der Waals surface area contributed by atoms with Crippen molar-refractivity contribution in [3.63, 3.8) is 0 Å². The normalized spacial score (nSPS) is 12.0. The van der Waals surface area contributed by atoms with Crippen molar-refractivity contribution in [1.82, 2.24) is 14.5 Å². The Hall–Kier alpha value is -7.36. The van der Waals surface area contributed by atoms with Crippen LogP contribution in [0.3, 0.4) is 0 Å². The van der Waals surface area contributed by atoms with Crippen LogP contribution in [0.15, 0.2) is 188 Å². The van der Waals surface area contributed by atoms with Crippen LogP contribution in [0.1, 0.15) is 0 Å². The number of benzene rings is 10. The van der Waals surface area contributed by atoms with Crippen LogP contribution < -0.4 is 0 Å². The molecular formula is C52H31N3. The van der Waals surface area contributed by atoms with Gasteiger partial charge >= 0.3 is 0 Å². The molecule has 2 heterocycles. The first-order chi connectivity index (χ1) is 27.3. The monoisotopic (exact) mass is 697 g/mol. The third kappa shape index (κ3) is 4.44. The summed E-state index contributed by atoms with van der Waals surface area (Å²) in [6.45, 7) is 0. The first-order valence-electron chi connectivity index (χ1n) is 18.8. The van der Waals surface area contributed by atoms with E-state index in [2.05, 4.69) is 193 Å². The zero-order valence-electron chi connectivity index (χ0n) is 29.7. The maximum Gasteiger partial charge on any atom is 0.235 e. The summed E-state index contributed by atoms with van der Waals surface area (Å²) in [5.41, 5.74) is 7.43. The van der Waals surface area contributed by atoms with Gasteiger partial charge in [-0.1, -0.05) is 164 Å². The molecule has 0 radical (unpaired) electrons. The Labute approximate surface area is 316 Å². The van der Waals surface area contributed by atoms with Crippen molar-refractivity contribution in [3.05, 3.63) is 188 Å². The third-order valence-corrected chi connectivity index (χ3v) is 11.5. The lowest BCUT2D eigenvalue weighted by molar-refractivity contribution is 1.02. The van der Waals surface area contributed by atoms with Gasteiger partial charge in [0.05, 0.1) is 22.2 Å². The minimum Gasteiger partial charge on any atom is -0.278 e. The van der Waals surface area contributed by atoms with Gasteiger partial charge in [0.1, 0.15) is 0 Å². The van der Waals surface area contributed by atoms with Crippen LogP contribution in [0.2, 0.25) is 0 Å². The van der Waals surface area contributed by atoms with Gasteiger partial charge in [-0.2, -0.15) is 0 Å². The molecule has 10 aromatic carbocycles. The Balaban J connectivity index is 1.23. The predicted molar refractivity (Wildman–Crippen MR) is 232 cm³/mol. The van der Waals surface area contributed by atoms with Gasteiger partial charge in [-0.3, -0.25) is 4.57 Å². The Morgan fingerprint density at radius 1 is 0.309 bits per heavy atom. The standard InChI is InChI=1S/C52H31N3/c1-2-12-32(13-3-1)33-22-24-35(25-23-33)51-49-38-17-7-6-14-34(38)26-28-45(49)53-52(54-51)55-46-29-27-43-41-20-9-8-18-39(41)40-19-10-11-21-42(40)48(43)50(46)44-30-36-15-4-5-16-37(36)31-47(44)55/h1-31H. The Morgan fingerprint density at radius 3 is 1.62 bits per heavy atom. The summed E-state index contributed by atoms with van der Waals surface area (Å²) in [4.78, 5) is 11.0. The van der Waals surface area contributed by atoms with E-state index >= 15 is 0 Å². The van der Waals surface area contributed by atoms with Gasteiger partial charge in [0.15, 0.2) is 0 Å². The SMILES string of the molecule is c1ccc(-c2ccc(-c3nc(-n4c5cc6ccccc6cc5c5c6c7ccccc7c7ccccc7c6ccc54)nc4ccc5ccccc5c34)cc2)cc1. The summed E-state index contributed by atoms with van der Waals surface area (Å²) < 4.78 is 2.30. The zero-order valence-corrected chi connectivity index (χ0v) is 29.7. The van der Waals surface area contributed by atoms with Crippen molar-refractivity contribution in [2.24, 2.45) is 0 Å². The van der Waals surface area contributed by atoms with Crippen molar-refractivity contribution in [2.75, 3.05) is 0 Å². The molecule has 3 nitrogen and oxygen atoms in total. The Bertz CT molecular complexity index is 3490. The van der Waals surface area contributed by atoms with E-state index in [-0.39, 0.29) is 0 Å². The van der Waals surface area contributed by atoms with E-state index in [1.807, 2.05) is 0 Å². The highest BCUT2D eigenvalue weighted by molar-refractivity contribution is 6.35. The summed E-state index contributed by atoms with van der Waals surface area (Å²) >= 11 is 0. The lowest BCUT2D eigenvalue weighted by Gasteiger charge is -2.14. The van der Waals surface area contributed by atoms with Gasteiger partial charge < -0.3 is 0 Å². The molecule has 254 valence electrons. The molecule has 2 aromatic heterocycles. The number of hydrogen-bond donors (Lipinski definition) is 0. The molecule has 0 saturated carbocycles. The Morgan fingerprint density at radius 2 is 0.873 bits per heavy atom. The van der Waals surface area contributed by atoms with E-state index in [0.29, 0.717) is 5.95 Å². The van der Waals surface area contributed by atoms with Gasteiger partial charge in [-0.25, -0.2) is 9.97 Å². The highest BCUT2D eigenvalue weighted by Crippen LogP contribution is 2.44. The third-order valence-electron chi connectivity index (χ3n) is 11.5. The molecule has 0 aliphatic rings. The second-order valence-corrected chi connectivity index (χ2v) is 14.5. The minimum absolute atomic E-state index is 0.657. The second-order valence-electron chi connectivity index (χ2n) is 14.5. The van der Waals surface area contributed by atoms with Crippen LogP contribution in [0, 0.1) is 0 Å². The molecule has 0 atom stereocenters. The molecule has 12 aromatic rings. The molecule has 0 spiro atoms. The lowest BCUT2D eigenvalue weighted by Crippen LogP contribution is -2.04. The molecule has 0 aliphatic heterocycles. The van der Waals surface area contributed by atoms with Gasteiger partial charge in [0, 0.05) is 27.1 Å². The molecule has 0 saturated heterocycles. The van der Waals surface area contributed by atoms with Crippen molar-refractivity contribution in [2.45, 2.75) is 0 Å². The second kappa shape index (κ2) is 11.6. The number of nitrogens with zero attached hydrogens (tertiary/aromatic N) is 3. The summed E-state index contributed by atoms with van der Waals surface area (Å²) in [5, 5.41) is 15.7. The summed E-state index contributed by atoms with van der Waals surface area (Å²) in [5.74, 6) is 0.657. The van der Waals surface area contributed by atoms with Crippen LogP contribution in [-0.4, -0.2) is 14.5 Å². The first kappa shape index (κ1) is 30.1. The highest BCUT2D eigenvalue weighted by Gasteiger charge is 2.22. The lowest BCUT2D eigenvalue weighted by atomic mass is 9.91. The van der Waals surface area contributed by atoms with Gasteiger partial charge in [0.25, 0.3) is 0 Å². The largest absolute Gasteiger partial charge is 0.278 e. The molecule has 55 heavy (non-hydrogen) atoms. The summed E-state index contributed by atoms with van der Waals surface area (Å²) in [6.07, 6.45) is 0. The van der Waals surface area contributed by atoms with E-state index in [1.54, 1.807) is 0 Å². The van der Waals surface area contributed by atoms with E-state index in [4.69, 9.17) is 9.97 Å². The maximum atomic E-state index is 5.59. The van der Waals surface area contributed by atoms with Crippen LogP contribution in [-0.2, 0) is 0 Å². The Kier molecular flexibility index (Phi) is 6.34. The molecule has 0 aliphatic carbocycles. The number of fused-ring (bicyclic) bond motifs is 14. The quantitative estimate of drug-likeness (QED) is 0.172. The smallest absolute Gasteiger partial charge is 0.235 e. The number of aromatic nitrogens is 3. The zero-order chi connectivity index (χ0) is 36.0. The molecule has 0 N–H and O–H groups in total. The van der Waals surface area contributed by atoms with Crippen LogP contribution in [0.5, 0.6) is 0 Å². The fourth-order valence-corrected chi connectivity index (χ4v) is 9.05. The summed E-state index contributed by atoms with van der Waals surface area (Å²) in [7, 11) is 0. The van der Waals surface area contributed by atoms with Gasteiger partial charge in [-0.05, 0) is 83.9 Å². The summed E-state index contributed by atoms with van der Waals surface area (Å²) in [6, 6.07) is 67.9. The molecule has 0 fully saturated rings. The van der Waals surface area contributed by atoms with Crippen LogP contribution >= 0.6 is 0 Å². The number of rotatable bonds is 3. The van der Waals surface area contributed by atoms with Gasteiger partial charge in [0.2, 0.25) is 5.95 Å². The van der Waals surface area contributed by atoms with E-state index in [0.717, 1.165) is 38.6 Å².